The maximum atomic E-state index is 5.93. The molecule has 0 aliphatic rings. The van der Waals surface area contributed by atoms with Crippen LogP contribution in [0.4, 0.5) is 11.4 Å². The first-order valence-corrected chi connectivity index (χ1v) is 5.33. The summed E-state index contributed by atoms with van der Waals surface area (Å²) < 4.78 is 1.90. The molecule has 0 aliphatic heterocycles. The predicted octanol–water partition coefficient (Wildman–Crippen LogP) is 2.17. The van der Waals surface area contributed by atoms with Crippen molar-refractivity contribution in [2.45, 2.75) is 0 Å². The molecule has 0 saturated heterocycles. The lowest BCUT2D eigenvalue weighted by Gasteiger charge is -1.99. The maximum absolute atomic E-state index is 5.93. The van der Waals surface area contributed by atoms with Crippen LogP contribution in [0.2, 0.25) is 0 Å². The third-order valence-corrected chi connectivity index (χ3v) is 2.71. The van der Waals surface area contributed by atoms with E-state index in [9.17, 15) is 0 Å². The fourth-order valence-electron chi connectivity index (χ4n) is 1.87. The molecule has 2 heterocycles. The van der Waals surface area contributed by atoms with E-state index in [-0.39, 0.29) is 0 Å². The van der Waals surface area contributed by atoms with Crippen molar-refractivity contribution in [3.63, 3.8) is 0 Å². The van der Waals surface area contributed by atoms with Gasteiger partial charge in [-0.05, 0) is 18.2 Å². The summed E-state index contributed by atoms with van der Waals surface area (Å²) in [7, 11) is 0. The van der Waals surface area contributed by atoms with Crippen molar-refractivity contribution < 1.29 is 0 Å². The van der Waals surface area contributed by atoms with E-state index in [1.807, 2.05) is 53.2 Å². The molecule has 0 aliphatic carbocycles. The highest BCUT2D eigenvalue weighted by Crippen LogP contribution is 2.25. The van der Waals surface area contributed by atoms with Gasteiger partial charge in [-0.1, -0.05) is 18.2 Å². The molecular formula is C13H12N4. The Hall–Kier alpha value is -2.49. The van der Waals surface area contributed by atoms with Crippen LogP contribution < -0.4 is 11.5 Å². The van der Waals surface area contributed by atoms with Crippen molar-refractivity contribution in [2.24, 2.45) is 0 Å². The molecule has 2 aromatic heterocycles. The number of hydrogen-bond donors (Lipinski definition) is 2. The fraction of sp³-hybridized carbons (Fsp3) is 0. The molecule has 84 valence electrons. The minimum absolute atomic E-state index is 0.711. The number of rotatable bonds is 1. The number of aromatic nitrogens is 2. The first-order valence-electron chi connectivity index (χ1n) is 5.33. The second kappa shape index (κ2) is 3.52. The summed E-state index contributed by atoms with van der Waals surface area (Å²) in [5, 5.41) is 0. The topological polar surface area (TPSA) is 69.3 Å². The van der Waals surface area contributed by atoms with Crippen molar-refractivity contribution >= 4 is 17.0 Å². The number of benzene rings is 1. The molecule has 0 radical (unpaired) electrons. The van der Waals surface area contributed by atoms with E-state index in [2.05, 4.69) is 4.98 Å². The molecule has 17 heavy (non-hydrogen) atoms. The first-order chi connectivity index (χ1) is 8.24. The average Bonchev–Trinajstić information content (AvgIpc) is 2.72. The second-order valence-corrected chi connectivity index (χ2v) is 3.94. The number of nitrogens with two attached hydrogens (primary N) is 2. The molecule has 4 N–H and O–H groups in total. The first kappa shape index (κ1) is 9.72. The summed E-state index contributed by atoms with van der Waals surface area (Å²) in [5.41, 5.74) is 15.7. The summed E-state index contributed by atoms with van der Waals surface area (Å²) in [4.78, 5) is 4.51. The molecule has 4 nitrogen and oxygen atoms in total. The number of nitrogen functional groups attached to an aromatic ring is 2. The minimum Gasteiger partial charge on any atom is -0.398 e. The smallest absolute Gasteiger partial charge is 0.137 e. The monoisotopic (exact) mass is 224 g/mol. The zero-order valence-electron chi connectivity index (χ0n) is 9.17. The number of para-hydroxylation sites is 1. The largest absolute Gasteiger partial charge is 0.398 e. The number of imidazole rings is 1. The Morgan fingerprint density at radius 3 is 2.59 bits per heavy atom. The lowest BCUT2D eigenvalue weighted by molar-refractivity contribution is 1.19. The van der Waals surface area contributed by atoms with E-state index in [1.54, 1.807) is 0 Å². The van der Waals surface area contributed by atoms with Gasteiger partial charge in [0, 0.05) is 29.3 Å². The lowest BCUT2D eigenvalue weighted by atomic mass is 10.1. The Morgan fingerprint density at radius 2 is 1.76 bits per heavy atom. The Labute approximate surface area is 98.5 Å². The average molecular weight is 224 g/mol. The summed E-state index contributed by atoms with van der Waals surface area (Å²) in [6.07, 6.45) is 3.77. The van der Waals surface area contributed by atoms with E-state index >= 15 is 0 Å². The molecule has 0 bridgehead atoms. The SMILES string of the molecule is Nc1ccc2nc(-c3ccccc3N)cn2c1. The molecule has 3 aromatic rings. The fourth-order valence-corrected chi connectivity index (χ4v) is 1.87. The normalized spacial score (nSPS) is 10.8. The quantitative estimate of drug-likeness (QED) is 0.622. The van der Waals surface area contributed by atoms with Gasteiger partial charge in [-0.25, -0.2) is 4.98 Å². The van der Waals surface area contributed by atoms with Gasteiger partial charge in [0.1, 0.15) is 5.65 Å². The van der Waals surface area contributed by atoms with Crippen LogP contribution in [0.25, 0.3) is 16.9 Å². The van der Waals surface area contributed by atoms with Crippen molar-refractivity contribution in [3.8, 4) is 11.3 Å². The summed E-state index contributed by atoms with van der Waals surface area (Å²) in [6, 6.07) is 11.4. The van der Waals surface area contributed by atoms with Crippen LogP contribution >= 0.6 is 0 Å². The van der Waals surface area contributed by atoms with E-state index < -0.39 is 0 Å². The van der Waals surface area contributed by atoms with Gasteiger partial charge in [0.15, 0.2) is 0 Å². The number of pyridine rings is 1. The molecule has 0 fully saturated rings. The molecular weight excluding hydrogens is 212 g/mol. The summed E-state index contributed by atoms with van der Waals surface area (Å²) >= 11 is 0. The molecule has 0 saturated carbocycles. The Morgan fingerprint density at radius 1 is 0.941 bits per heavy atom. The highest BCUT2D eigenvalue weighted by atomic mass is 15.0. The van der Waals surface area contributed by atoms with Gasteiger partial charge in [-0.15, -0.1) is 0 Å². The van der Waals surface area contributed by atoms with E-state index in [4.69, 9.17) is 11.5 Å². The molecule has 0 spiro atoms. The highest BCUT2D eigenvalue weighted by molar-refractivity contribution is 5.75. The molecule has 0 atom stereocenters. The van der Waals surface area contributed by atoms with Crippen molar-refractivity contribution in [1.29, 1.82) is 0 Å². The van der Waals surface area contributed by atoms with E-state index in [0.717, 1.165) is 22.6 Å². The van der Waals surface area contributed by atoms with Crippen LogP contribution in [-0.4, -0.2) is 9.38 Å². The van der Waals surface area contributed by atoms with Crippen molar-refractivity contribution in [2.75, 3.05) is 11.5 Å². The standard InChI is InChI=1S/C13H12N4/c14-9-5-6-13-16-12(8-17(13)7-9)10-3-1-2-4-11(10)15/h1-8H,14-15H2. The number of hydrogen-bond acceptors (Lipinski definition) is 3. The molecule has 0 unspecified atom stereocenters. The second-order valence-electron chi connectivity index (χ2n) is 3.94. The van der Waals surface area contributed by atoms with Gasteiger partial charge >= 0.3 is 0 Å². The number of fused-ring (bicyclic) bond motifs is 1. The predicted molar refractivity (Wildman–Crippen MR) is 69.5 cm³/mol. The van der Waals surface area contributed by atoms with Crippen LogP contribution in [0, 0.1) is 0 Å². The Balaban J connectivity index is 2.22. The van der Waals surface area contributed by atoms with Gasteiger partial charge in [0.25, 0.3) is 0 Å². The third-order valence-electron chi connectivity index (χ3n) is 2.71. The number of anilines is 2. The Bertz CT molecular complexity index is 685. The van der Waals surface area contributed by atoms with Crippen LogP contribution in [-0.2, 0) is 0 Å². The van der Waals surface area contributed by atoms with Crippen LogP contribution in [0.5, 0.6) is 0 Å². The molecule has 1 aromatic carbocycles. The van der Waals surface area contributed by atoms with Crippen molar-refractivity contribution in [1.82, 2.24) is 9.38 Å². The van der Waals surface area contributed by atoms with Gasteiger partial charge in [-0.2, -0.15) is 0 Å². The highest BCUT2D eigenvalue weighted by Gasteiger charge is 2.06. The van der Waals surface area contributed by atoms with Gasteiger partial charge < -0.3 is 15.9 Å². The van der Waals surface area contributed by atoms with Crippen LogP contribution in [0.15, 0.2) is 48.8 Å². The summed E-state index contributed by atoms with van der Waals surface area (Å²) in [6.45, 7) is 0. The summed E-state index contributed by atoms with van der Waals surface area (Å²) in [5.74, 6) is 0. The van der Waals surface area contributed by atoms with Gasteiger partial charge in [0.2, 0.25) is 0 Å². The van der Waals surface area contributed by atoms with E-state index in [1.165, 1.54) is 0 Å². The molecule has 4 heteroatoms. The third kappa shape index (κ3) is 1.59. The van der Waals surface area contributed by atoms with Crippen LogP contribution in [0.3, 0.4) is 0 Å². The Kier molecular flexibility index (Phi) is 2.01. The van der Waals surface area contributed by atoms with Gasteiger partial charge in [0.05, 0.1) is 5.69 Å². The van der Waals surface area contributed by atoms with Gasteiger partial charge in [-0.3, -0.25) is 0 Å². The van der Waals surface area contributed by atoms with Crippen LogP contribution in [0.1, 0.15) is 0 Å². The zero-order chi connectivity index (χ0) is 11.8. The molecule has 3 rings (SSSR count). The zero-order valence-corrected chi connectivity index (χ0v) is 9.17. The lowest BCUT2D eigenvalue weighted by Crippen LogP contribution is -1.88. The minimum atomic E-state index is 0.711. The van der Waals surface area contributed by atoms with E-state index in [0.29, 0.717) is 5.69 Å². The number of nitrogens with zero attached hydrogens (tertiary/aromatic N) is 2. The van der Waals surface area contributed by atoms with Crippen molar-refractivity contribution in [3.05, 3.63) is 48.8 Å². The molecule has 0 amide bonds. The maximum Gasteiger partial charge on any atom is 0.137 e.